The largest absolute Gasteiger partial charge is 0.250 e. The van der Waals surface area contributed by atoms with Crippen molar-refractivity contribution in [1.82, 2.24) is 0 Å². The van der Waals surface area contributed by atoms with Crippen LogP contribution in [0.4, 0.5) is 13.2 Å². The average molecular weight is 290 g/mol. The van der Waals surface area contributed by atoms with Gasteiger partial charge in [-0.05, 0) is 30.4 Å². The highest BCUT2D eigenvalue weighted by Gasteiger charge is 2.44. The molecule has 0 aromatic heterocycles. The lowest BCUT2D eigenvalue weighted by molar-refractivity contribution is -0.0252. The lowest BCUT2D eigenvalue weighted by atomic mass is 9.67. The molecule has 4 radical (unpaired) electrons. The zero-order valence-electron chi connectivity index (χ0n) is 12.5. The molecular formula is C13H23B2F3S. The maximum atomic E-state index is 13.4. The van der Waals surface area contributed by atoms with Crippen molar-refractivity contribution < 1.29 is 13.2 Å². The van der Waals surface area contributed by atoms with Crippen molar-refractivity contribution in [2.24, 2.45) is 5.41 Å². The van der Waals surface area contributed by atoms with Gasteiger partial charge in [-0.15, -0.1) is 0 Å². The monoisotopic (exact) mass is 290 g/mol. The first-order chi connectivity index (χ1) is 8.27. The quantitative estimate of drug-likeness (QED) is 0.474. The van der Waals surface area contributed by atoms with Gasteiger partial charge in [0.2, 0.25) is 5.82 Å². The molecular weight excluding hydrogens is 267 g/mol. The normalized spacial score (nSPS) is 17.3. The van der Waals surface area contributed by atoms with Gasteiger partial charge in [-0.1, -0.05) is 34.6 Å². The number of rotatable bonds is 8. The van der Waals surface area contributed by atoms with E-state index in [-0.39, 0.29) is 16.6 Å². The van der Waals surface area contributed by atoms with Gasteiger partial charge in [0, 0.05) is 4.75 Å². The Hall–Kier alpha value is 0.270. The van der Waals surface area contributed by atoms with Crippen molar-refractivity contribution in [3.63, 3.8) is 0 Å². The lowest BCUT2D eigenvalue weighted by Gasteiger charge is -2.41. The molecule has 0 N–H and O–H groups in total. The Morgan fingerprint density at radius 3 is 1.84 bits per heavy atom. The summed E-state index contributed by atoms with van der Waals surface area (Å²) in [5, 5.41) is 0. The second-order valence-corrected chi connectivity index (χ2v) is 7.90. The molecule has 0 aliphatic rings. The van der Waals surface area contributed by atoms with Crippen LogP contribution in [0, 0.1) is 5.41 Å². The van der Waals surface area contributed by atoms with E-state index in [1.165, 1.54) is 0 Å². The van der Waals surface area contributed by atoms with Crippen LogP contribution >= 0.6 is 11.8 Å². The first-order valence-electron chi connectivity index (χ1n) is 6.55. The number of halogens is 3. The van der Waals surface area contributed by atoms with Crippen LogP contribution in [-0.2, 0) is 0 Å². The molecule has 108 valence electrons. The fourth-order valence-electron chi connectivity index (χ4n) is 1.44. The second kappa shape index (κ2) is 6.36. The van der Waals surface area contributed by atoms with E-state index < -0.39 is 17.8 Å². The highest BCUT2D eigenvalue weighted by atomic mass is 32.2. The molecule has 0 aliphatic heterocycles. The van der Waals surface area contributed by atoms with Crippen molar-refractivity contribution in [1.29, 1.82) is 0 Å². The number of hydrogen-bond acceptors (Lipinski definition) is 1. The molecule has 0 bridgehead atoms. The molecule has 0 saturated carbocycles. The Labute approximate surface area is 122 Å². The zero-order valence-corrected chi connectivity index (χ0v) is 13.3. The minimum Gasteiger partial charge on any atom is -0.250 e. The topological polar surface area (TPSA) is 0 Å². The van der Waals surface area contributed by atoms with Crippen molar-refractivity contribution in [2.45, 2.75) is 70.0 Å². The van der Waals surface area contributed by atoms with E-state index in [1.807, 2.05) is 0 Å². The van der Waals surface area contributed by atoms with Crippen molar-refractivity contribution in [3.8, 4) is 0 Å². The zero-order chi connectivity index (χ0) is 15.5. The van der Waals surface area contributed by atoms with Crippen LogP contribution in [0.2, 0.25) is 0 Å². The van der Waals surface area contributed by atoms with Gasteiger partial charge in [-0.3, -0.25) is 0 Å². The van der Waals surface area contributed by atoms with Crippen molar-refractivity contribution in [2.75, 3.05) is 5.75 Å². The minimum absolute atomic E-state index is 0.0133. The third-order valence-corrected chi connectivity index (χ3v) is 5.98. The van der Waals surface area contributed by atoms with Gasteiger partial charge < -0.3 is 0 Å². The molecule has 1 atom stereocenters. The summed E-state index contributed by atoms with van der Waals surface area (Å²) in [5.74, 6) is -3.41. The first kappa shape index (κ1) is 19.3. The molecule has 19 heavy (non-hydrogen) atoms. The van der Waals surface area contributed by atoms with Crippen molar-refractivity contribution >= 4 is 27.5 Å². The van der Waals surface area contributed by atoms with Crippen molar-refractivity contribution in [3.05, 3.63) is 0 Å². The predicted octanol–water partition coefficient (Wildman–Crippen LogP) is 4.31. The van der Waals surface area contributed by atoms with Crippen LogP contribution in [0.15, 0.2) is 0 Å². The Morgan fingerprint density at radius 1 is 1.00 bits per heavy atom. The fraction of sp³-hybridized carbons (Fsp3) is 1.00. The number of thioether (sulfide) groups is 1. The van der Waals surface area contributed by atoms with E-state index in [1.54, 1.807) is 11.8 Å². The maximum absolute atomic E-state index is 13.4. The highest BCUT2D eigenvalue weighted by Crippen LogP contribution is 2.44. The second-order valence-electron chi connectivity index (χ2n) is 6.19. The molecule has 0 saturated heterocycles. The summed E-state index contributed by atoms with van der Waals surface area (Å²) in [4.78, 5) is 0. The summed E-state index contributed by atoms with van der Waals surface area (Å²) in [6.45, 7) is 10.7. The van der Waals surface area contributed by atoms with Crippen LogP contribution in [0.25, 0.3) is 0 Å². The summed E-state index contributed by atoms with van der Waals surface area (Å²) < 4.78 is 38.7. The molecule has 1 unspecified atom stereocenters. The van der Waals surface area contributed by atoms with Gasteiger partial charge in [0.15, 0.2) is 7.85 Å². The van der Waals surface area contributed by atoms with E-state index in [0.29, 0.717) is 5.75 Å². The standard InChI is InChI=1S/C13H23B2F3S/c1-6-10(2,3)11(4,5)19-9-7-8-12(14,16)13(15,17)18/h6-9H2,1-5H3. The fourth-order valence-corrected chi connectivity index (χ4v) is 2.78. The molecule has 0 fully saturated rings. The first-order valence-corrected chi connectivity index (χ1v) is 7.54. The smallest absolute Gasteiger partial charge is 0.224 e. The van der Waals surface area contributed by atoms with E-state index >= 15 is 0 Å². The molecule has 0 aliphatic carbocycles. The highest BCUT2D eigenvalue weighted by molar-refractivity contribution is 8.00. The average Bonchev–Trinajstić information content (AvgIpc) is 2.22. The van der Waals surface area contributed by atoms with Gasteiger partial charge in [-0.25, -0.2) is 13.2 Å². The van der Waals surface area contributed by atoms with E-state index in [9.17, 15) is 13.2 Å². The number of hydrogen-bond donors (Lipinski definition) is 0. The van der Waals surface area contributed by atoms with Crippen LogP contribution in [0.1, 0.15) is 53.9 Å². The van der Waals surface area contributed by atoms with Crippen LogP contribution in [-0.4, -0.2) is 37.6 Å². The van der Waals surface area contributed by atoms with Gasteiger partial charge in [0.25, 0.3) is 0 Å². The Kier molecular flexibility index (Phi) is 6.45. The van der Waals surface area contributed by atoms with E-state index in [4.69, 9.17) is 7.85 Å². The third-order valence-electron chi connectivity index (χ3n) is 4.22. The summed E-state index contributed by atoms with van der Waals surface area (Å²) >= 11 is 1.65. The SMILES string of the molecule is [B]C(F)(F)C([B])(F)CCCSC(C)(C)C(C)(C)CC. The Morgan fingerprint density at radius 2 is 1.47 bits per heavy atom. The predicted molar refractivity (Wildman–Crippen MR) is 80.1 cm³/mol. The summed E-state index contributed by atoms with van der Waals surface area (Å²) in [5.41, 5.74) is -3.01. The third kappa shape index (κ3) is 5.28. The minimum atomic E-state index is -3.99. The molecule has 0 spiro atoms. The Balaban J connectivity index is 4.27. The van der Waals surface area contributed by atoms with E-state index in [0.717, 1.165) is 6.42 Å². The van der Waals surface area contributed by atoms with Gasteiger partial charge in [-0.2, -0.15) is 11.8 Å². The molecule has 0 aromatic rings. The van der Waals surface area contributed by atoms with E-state index in [2.05, 4.69) is 42.5 Å². The molecule has 0 amide bonds. The summed E-state index contributed by atoms with van der Waals surface area (Å²) in [6, 6.07) is 0. The van der Waals surface area contributed by atoms with Crippen LogP contribution < -0.4 is 0 Å². The summed E-state index contributed by atoms with van der Waals surface area (Å²) in [7, 11) is 9.34. The maximum Gasteiger partial charge on any atom is 0.224 e. The molecule has 0 rings (SSSR count). The lowest BCUT2D eigenvalue weighted by Crippen LogP contribution is -2.45. The van der Waals surface area contributed by atoms with Gasteiger partial charge in [0.05, 0.1) is 0 Å². The summed E-state index contributed by atoms with van der Waals surface area (Å²) in [6.07, 6.45) is 0.845. The van der Waals surface area contributed by atoms with Gasteiger partial charge in [0.1, 0.15) is 13.4 Å². The molecule has 6 heteroatoms. The van der Waals surface area contributed by atoms with Gasteiger partial charge >= 0.3 is 0 Å². The molecule has 0 aromatic carbocycles. The number of alkyl halides is 3. The van der Waals surface area contributed by atoms with Crippen LogP contribution in [0.5, 0.6) is 0 Å². The molecule has 0 heterocycles. The molecule has 0 nitrogen and oxygen atoms in total. The Bertz CT molecular complexity index is 286. The van der Waals surface area contributed by atoms with Crippen LogP contribution in [0.3, 0.4) is 0 Å².